The summed E-state index contributed by atoms with van der Waals surface area (Å²) >= 11 is 0. The second-order valence-electron chi connectivity index (χ2n) is 17.9. The molecule has 0 aromatic heterocycles. The lowest BCUT2D eigenvalue weighted by Crippen LogP contribution is -2.63. The average molecular weight is 709 g/mol. The molecule has 4 saturated heterocycles. The van der Waals surface area contributed by atoms with E-state index in [0.29, 0.717) is 48.3 Å². The van der Waals surface area contributed by atoms with E-state index in [4.69, 9.17) is 28.4 Å². The number of aliphatic hydroxyl groups is 6. The Morgan fingerprint density at radius 1 is 0.820 bits per heavy atom. The molecule has 0 unspecified atom stereocenters. The van der Waals surface area contributed by atoms with Gasteiger partial charge >= 0.3 is 0 Å². The molecule has 4 aliphatic carbocycles. The highest BCUT2D eigenvalue weighted by molar-refractivity contribution is 5.28. The highest BCUT2D eigenvalue weighted by Gasteiger charge is 2.69. The van der Waals surface area contributed by atoms with Gasteiger partial charge < -0.3 is 59.1 Å². The number of allylic oxidation sites excluding steroid dienone is 1. The van der Waals surface area contributed by atoms with Crippen molar-refractivity contribution in [2.75, 3.05) is 13.2 Å². The van der Waals surface area contributed by atoms with Crippen molar-refractivity contribution in [3.05, 3.63) is 11.6 Å². The van der Waals surface area contributed by atoms with Crippen molar-refractivity contribution < 1.29 is 59.1 Å². The van der Waals surface area contributed by atoms with Gasteiger partial charge in [0.05, 0.1) is 37.6 Å². The predicted octanol–water partition coefficient (Wildman–Crippen LogP) is 2.00. The first-order valence-electron chi connectivity index (χ1n) is 19.4. The first-order valence-corrected chi connectivity index (χ1v) is 19.4. The van der Waals surface area contributed by atoms with E-state index in [1.54, 1.807) is 6.92 Å². The van der Waals surface area contributed by atoms with E-state index in [2.05, 4.69) is 33.8 Å². The number of hydrogen-bond acceptors (Lipinski definition) is 12. The van der Waals surface area contributed by atoms with Crippen LogP contribution in [0.1, 0.15) is 86.0 Å². The van der Waals surface area contributed by atoms with Gasteiger partial charge in [-0.3, -0.25) is 0 Å². The minimum atomic E-state index is -1.60. The zero-order chi connectivity index (χ0) is 35.5. The quantitative estimate of drug-likeness (QED) is 0.235. The molecule has 12 nitrogen and oxygen atoms in total. The van der Waals surface area contributed by atoms with Crippen LogP contribution in [0.4, 0.5) is 0 Å². The molecule has 1 spiro atoms. The molecule has 4 aliphatic heterocycles. The van der Waals surface area contributed by atoms with E-state index in [9.17, 15) is 30.6 Å². The summed E-state index contributed by atoms with van der Waals surface area (Å²) < 4.78 is 38.0. The fourth-order valence-corrected chi connectivity index (χ4v) is 12.4. The molecule has 0 amide bonds. The van der Waals surface area contributed by atoms with Crippen LogP contribution in [0.25, 0.3) is 0 Å². The lowest BCUT2D eigenvalue weighted by atomic mass is 9.46. The summed E-state index contributed by atoms with van der Waals surface area (Å²) in [5.74, 6) is 2.08. The van der Waals surface area contributed by atoms with Crippen LogP contribution >= 0.6 is 0 Å². The van der Waals surface area contributed by atoms with Gasteiger partial charge in [0.1, 0.15) is 36.6 Å². The van der Waals surface area contributed by atoms with Crippen LogP contribution in [0.15, 0.2) is 11.6 Å². The van der Waals surface area contributed by atoms with E-state index in [1.165, 1.54) is 5.57 Å². The number of ether oxygens (including phenoxy) is 6. The molecule has 284 valence electrons. The minimum Gasteiger partial charge on any atom is -0.393 e. The van der Waals surface area contributed by atoms with Crippen molar-refractivity contribution in [1.29, 1.82) is 0 Å². The summed E-state index contributed by atoms with van der Waals surface area (Å²) in [5, 5.41) is 64.1. The lowest BCUT2D eigenvalue weighted by molar-refractivity contribution is -0.362. The van der Waals surface area contributed by atoms with Crippen molar-refractivity contribution in [2.24, 2.45) is 46.3 Å². The van der Waals surface area contributed by atoms with Crippen molar-refractivity contribution in [2.45, 2.75) is 165 Å². The van der Waals surface area contributed by atoms with Gasteiger partial charge in [0.25, 0.3) is 0 Å². The molecule has 0 radical (unpaired) electrons. The SMILES string of the molecule is C[C@H]1CC[C@@]2(OC1)O[C@H]1C[C@H]3[C@@H]4CC=C5C[C@@H](O)C[C@@H](O[C@@H]6OC[C@H](O)[C@H](O)[C@H]6O[C@@H]6O[C@@H](C)[C@H](O)[C@@H](O)[C@H]6O)[C@]5(C)[C@H]4CC[C@]3(C)[C@H]1[C@@H]2C. The normalized spacial score (nSPS) is 59.3. The van der Waals surface area contributed by atoms with E-state index in [-0.39, 0.29) is 18.1 Å². The van der Waals surface area contributed by atoms with Crippen molar-refractivity contribution in [3.8, 4) is 0 Å². The zero-order valence-corrected chi connectivity index (χ0v) is 30.2. The number of fused-ring (bicyclic) bond motifs is 7. The van der Waals surface area contributed by atoms with Crippen molar-refractivity contribution in [3.63, 3.8) is 0 Å². The topological polar surface area (TPSA) is 177 Å². The zero-order valence-electron chi connectivity index (χ0n) is 30.2. The van der Waals surface area contributed by atoms with Gasteiger partial charge in [0, 0.05) is 24.2 Å². The van der Waals surface area contributed by atoms with Crippen LogP contribution in [0, 0.1) is 46.3 Å². The van der Waals surface area contributed by atoms with Crippen molar-refractivity contribution in [1.82, 2.24) is 0 Å². The van der Waals surface area contributed by atoms with E-state index >= 15 is 0 Å². The third-order valence-electron chi connectivity index (χ3n) is 15.2. The van der Waals surface area contributed by atoms with E-state index in [0.717, 1.165) is 45.1 Å². The third kappa shape index (κ3) is 5.45. The maximum absolute atomic E-state index is 11.1. The molecule has 21 atom stereocenters. The Morgan fingerprint density at radius 3 is 2.34 bits per heavy atom. The van der Waals surface area contributed by atoms with Crippen molar-refractivity contribution >= 4 is 0 Å². The van der Waals surface area contributed by atoms with Crippen LogP contribution < -0.4 is 0 Å². The summed E-state index contributed by atoms with van der Waals surface area (Å²) in [6.45, 7) is 11.5. The van der Waals surface area contributed by atoms with E-state index < -0.39 is 78.7 Å². The number of hydrogen-bond donors (Lipinski definition) is 6. The smallest absolute Gasteiger partial charge is 0.187 e. The molecular weight excluding hydrogens is 648 g/mol. The molecule has 7 fully saturated rings. The molecule has 8 aliphatic rings. The Kier molecular flexibility index (Phi) is 9.38. The fourth-order valence-electron chi connectivity index (χ4n) is 12.4. The Hall–Kier alpha value is -0.740. The highest BCUT2D eigenvalue weighted by Crippen LogP contribution is 2.71. The van der Waals surface area contributed by atoms with Crippen LogP contribution in [0.5, 0.6) is 0 Å². The van der Waals surface area contributed by atoms with Gasteiger partial charge in [0.15, 0.2) is 18.4 Å². The fraction of sp³-hybridized carbons (Fsp3) is 0.947. The molecule has 4 heterocycles. The summed E-state index contributed by atoms with van der Waals surface area (Å²) in [6.07, 6.45) is -3.26. The van der Waals surface area contributed by atoms with Gasteiger partial charge in [-0.05, 0) is 80.5 Å². The molecule has 0 bridgehead atoms. The minimum absolute atomic E-state index is 0.134. The monoisotopic (exact) mass is 708 g/mol. The highest BCUT2D eigenvalue weighted by atomic mass is 16.8. The number of aliphatic hydroxyl groups excluding tert-OH is 6. The maximum atomic E-state index is 11.1. The van der Waals surface area contributed by atoms with Crippen LogP contribution in [-0.2, 0) is 28.4 Å². The summed E-state index contributed by atoms with van der Waals surface area (Å²) in [4.78, 5) is 0. The molecule has 6 N–H and O–H groups in total. The van der Waals surface area contributed by atoms with Crippen LogP contribution in [-0.4, -0.2) is 123 Å². The van der Waals surface area contributed by atoms with Gasteiger partial charge in [0.2, 0.25) is 0 Å². The summed E-state index contributed by atoms with van der Waals surface area (Å²) in [7, 11) is 0. The maximum Gasteiger partial charge on any atom is 0.187 e. The molecule has 0 aromatic rings. The summed E-state index contributed by atoms with van der Waals surface area (Å²) in [6, 6.07) is 0. The predicted molar refractivity (Wildman–Crippen MR) is 177 cm³/mol. The lowest BCUT2D eigenvalue weighted by Gasteiger charge is -2.60. The largest absolute Gasteiger partial charge is 0.393 e. The molecule has 50 heavy (non-hydrogen) atoms. The summed E-state index contributed by atoms with van der Waals surface area (Å²) in [5.41, 5.74) is 0.917. The Balaban J connectivity index is 1.04. The molecule has 12 heteroatoms. The molecular formula is C38H60O12. The number of rotatable bonds is 4. The van der Waals surface area contributed by atoms with Crippen LogP contribution in [0.3, 0.4) is 0 Å². The van der Waals surface area contributed by atoms with Gasteiger partial charge in [-0.2, -0.15) is 0 Å². The Bertz CT molecular complexity index is 1290. The first kappa shape index (κ1) is 36.2. The van der Waals surface area contributed by atoms with Gasteiger partial charge in [-0.15, -0.1) is 0 Å². The second kappa shape index (κ2) is 12.9. The first-order chi connectivity index (χ1) is 23.7. The van der Waals surface area contributed by atoms with E-state index in [1.807, 2.05) is 0 Å². The molecule has 0 aromatic carbocycles. The standard InChI is InChI=1S/C38H60O12/c1-17-8-11-38(46-15-17)18(2)28-26(50-38)14-24-22-7-6-20-12-21(39)13-27(37(20,5)23(22)9-10-36(24,28)4)48-35-33(30(42)25(40)16-45-35)49-34-32(44)31(43)29(41)19(3)47-34/h6,17-19,21-35,39-44H,7-16H2,1-5H3/t17-,18-,19-,21+,22+,23-,24-,25-,26-,27+,28-,29-,30-,31+,32+,33+,34-,35-,36-,37-,38+/m0/s1. The Labute approximate surface area is 295 Å². The average Bonchev–Trinajstić information content (AvgIpc) is 3.53. The van der Waals surface area contributed by atoms with Crippen LogP contribution in [0.2, 0.25) is 0 Å². The molecule has 3 saturated carbocycles. The second-order valence-corrected chi connectivity index (χ2v) is 17.9. The Morgan fingerprint density at radius 2 is 1.60 bits per heavy atom. The molecule has 8 rings (SSSR count). The van der Waals surface area contributed by atoms with Gasteiger partial charge in [-0.25, -0.2) is 0 Å². The third-order valence-corrected chi connectivity index (χ3v) is 15.2. The van der Waals surface area contributed by atoms with Gasteiger partial charge in [-0.1, -0.05) is 39.3 Å².